The number of benzene rings is 1. The highest BCUT2D eigenvalue weighted by Gasteiger charge is 2.35. The number of nitrogens with zero attached hydrogens (tertiary/aromatic N) is 2. The Balaban J connectivity index is 2.47. The molecule has 1 aliphatic heterocycles. The Labute approximate surface area is 100 Å². The first-order valence-corrected chi connectivity index (χ1v) is 4.99. The zero-order valence-electron chi connectivity index (χ0n) is 8.99. The van der Waals surface area contributed by atoms with Crippen LogP contribution in [-0.4, -0.2) is 19.2 Å². The van der Waals surface area contributed by atoms with Crippen molar-refractivity contribution in [1.29, 1.82) is 5.26 Å². The molecule has 0 aliphatic carbocycles. The first kappa shape index (κ1) is 12.2. The van der Waals surface area contributed by atoms with Gasteiger partial charge >= 0.3 is 12.3 Å². The van der Waals surface area contributed by atoms with Gasteiger partial charge in [0.05, 0.1) is 23.7 Å². The summed E-state index contributed by atoms with van der Waals surface area (Å²) in [7, 11) is 0. The summed E-state index contributed by atoms with van der Waals surface area (Å²) in [6.07, 6.45) is -5.32. The number of carbonyl (C=O) groups excluding carboxylic acids is 1. The largest absolute Gasteiger partial charge is 0.447 e. The van der Waals surface area contributed by atoms with Crippen LogP contribution < -0.4 is 4.90 Å². The van der Waals surface area contributed by atoms with Crippen molar-refractivity contribution < 1.29 is 22.7 Å². The summed E-state index contributed by atoms with van der Waals surface area (Å²) in [4.78, 5) is 12.3. The zero-order chi connectivity index (χ0) is 13.3. The Morgan fingerprint density at radius 2 is 2.11 bits per heavy atom. The summed E-state index contributed by atoms with van der Waals surface area (Å²) in [5, 5.41) is 8.63. The fourth-order valence-corrected chi connectivity index (χ4v) is 1.66. The van der Waals surface area contributed by atoms with Crippen LogP contribution in [0, 0.1) is 11.3 Å². The van der Waals surface area contributed by atoms with E-state index in [2.05, 4.69) is 4.74 Å². The number of halogens is 3. The number of amides is 1. The van der Waals surface area contributed by atoms with Gasteiger partial charge < -0.3 is 4.74 Å². The Kier molecular flexibility index (Phi) is 2.87. The van der Waals surface area contributed by atoms with Gasteiger partial charge in [0.25, 0.3) is 0 Å². The molecular formula is C11H7F3N2O2. The molecule has 2 rings (SSSR count). The topological polar surface area (TPSA) is 53.3 Å². The van der Waals surface area contributed by atoms with E-state index in [0.29, 0.717) is 0 Å². The summed E-state index contributed by atoms with van der Waals surface area (Å²) >= 11 is 0. The molecule has 0 spiro atoms. The summed E-state index contributed by atoms with van der Waals surface area (Å²) in [5.74, 6) is 0. The molecule has 0 unspecified atom stereocenters. The van der Waals surface area contributed by atoms with Gasteiger partial charge in [-0.1, -0.05) is 0 Å². The van der Waals surface area contributed by atoms with E-state index in [0.717, 1.165) is 17.0 Å². The second-order valence-electron chi connectivity index (χ2n) is 3.61. The number of hydrogen-bond donors (Lipinski definition) is 0. The van der Waals surface area contributed by atoms with Crippen molar-refractivity contribution in [2.75, 3.05) is 18.1 Å². The van der Waals surface area contributed by atoms with Crippen molar-refractivity contribution in [2.45, 2.75) is 6.18 Å². The van der Waals surface area contributed by atoms with Gasteiger partial charge in [-0.05, 0) is 18.2 Å². The number of carbonyl (C=O) groups is 1. The maximum atomic E-state index is 12.7. The fraction of sp³-hybridized carbons (Fsp3) is 0.273. The molecule has 1 aromatic rings. The molecule has 1 amide bonds. The van der Waals surface area contributed by atoms with Gasteiger partial charge in [-0.3, -0.25) is 4.90 Å². The first-order valence-electron chi connectivity index (χ1n) is 4.99. The van der Waals surface area contributed by atoms with Gasteiger partial charge in [0.15, 0.2) is 0 Å². The molecule has 1 heterocycles. The molecule has 94 valence electrons. The average molecular weight is 256 g/mol. The third-order valence-electron chi connectivity index (χ3n) is 2.50. The number of hydrogen-bond acceptors (Lipinski definition) is 3. The molecule has 0 saturated carbocycles. The molecule has 0 radical (unpaired) electrons. The lowest BCUT2D eigenvalue weighted by molar-refractivity contribution is -0.137. The van der Waals surface area contributed by atoms with Gasteiger partial charge in [0, 0.05) is 5.69 Å². The molecule has 0 N–H and O–H groups in total. The number of ether oxygens (including phenoxy) is 1. The van der Waals surface area contributed by atoms with Crippen LogP contribution in [0.1, 0.15) is 11.1 Å². The normalized spacial score (nSPS) is 15.4. The number of cyclic esters (lactones) is 1. The van der Waals surface area contributed by atoms with Crippen molar-refractivity contribution in [3.63, 3.8) is 0 Å². The van der Waals surface area contributed by atoms with E-state index >= 15 is 0 Å². The van der Waals surface area contributed by atoms with Crippen LogP contribution in [-0.2, 0) is 10.9 Å². The molecule has 7 heteroatoms. The van der Waals surface area contributed by atoms with E-state index in [1.165, 1.54) is 12.1 Å². The molecule has 1 aromatic carbocycles. The lowest BCUT2D eigenvalue weighted by atomic mass is 10.1. The minimum Gasteiger partial charge on any atom is -0.447 e. The summed E-state index contributed by atoms with van der Waals surface area (Å²) in [5.41, 5.74) is -1.45. The predicted molar refractivity (Wildman–Crippen MR) is 54.9 cm³/mol. The molecule has 0 aromatic heterocycles. The van der Waals surface area contributed by atoms with Gasteiger partial charge in [-0.15, -0.1) is 0 Å². The summed E-state index contributed by atoms with van der Waals surface area (Å²) in [6, 6.07) is 4.60. The van der Waals surface area contributed by atoms with Gasteiger partial charge in [-0.25, -0.2) is 4.79 Å². The highest BCUT2D eigenvalue weighted by Crippen LogP contribution is 2.34. The molecule has 18 heavy (non-hydrogen) atoms. The van der Waals surface area contributed by atoms with Crippen molar-refractivity contribution in [2.24, 2.45) is 0 Å². The van der Waals surface area contributed by atoms with Crippen LogP contribution >= 0.6 is 0 Å². The molecule has 4 nitrogen and oxygen atoms in total. The molecule has 0 atom stereocenters. The number of alkyl halides is 3. The lowest BCUT2D eigenvalue weighted by Gasteiger charge is -2.16. The van der Waals surface area contributed by atoms with Crippen LogP contribution in [0.4, 0.5) is 23.7 Å². The molecule has 1 saturated heterocycles. The van der Waals surface area contributed by atoms with E-state index in [4.69, 9.17) is 5.26 Å². The minimum absolute atomic E-state index is 0.0730. The van der Waals surface area contributed by atoms with Crippen LogP contribution in [0.3, 0.4) is 0 Å². The monoisotopic (exact) mass is 256 g/mol. The van der Waals surface area contributed by atoms with E-state index in [1.807, 2.05) is 0 Å². The first-order chi connectivity index (χ1) is 8.43. The maximum absolute atomic E-state index is 12.7. The van der Waals surface area contributed by atoms with Crippen molar-refractivity contribution in [3.8, 4) is 6.07 Å². The third-order valence-corrected chi connectivity index (χ3v) is 2.50. The predicted octanol–water partition coefficient (Wildman–Crippen LogP) is 2.53. The average Bonchev–Trinajstić information content (AvgIpc) is 2.73. The number of rotatable bonds is 1. The van der Waals surface area contributed by atoms with Crippen LogP contribution in [0.2, 0.25) is 0 Å². The molecule has 1 fully saturated rings. The van der Waals surface area contributed by atoms with E-state index in [1.54, 1.807) is 0 Å². The molecular weight excluding hydrogens is 249 g/mol. The summed E-state index contributed by atoms with van der Waals surface area (Å²) in [6.45, 7) is 0.336. The molecule has 0 bridgehead atoms. The van der Waals surface area contributed by atoms with E-state index < -0.39 is 23.4 Å². The highest BCUT2D eigenvalue weighted by atomic mass is 19.4. The van der Waals surface area contributed by atoms with Gasteiger partial charge in [-0.2, -0.15) is 18.4 Å². The number of nitriles is 1. The zero-order valence-corrected chi connectivity index (χ0v) is 8.99. The van der Waals surface area contributed by atoms with E-state index in [-0.39, 0.29) is 18.8 Å². The minimum atomic E-state index is -4.63. The van der Waals surface area contributed by atoms with Crippen LogP contribution in [0.15, 0.2) is 18.2 Å². The Morgan fingerprint density at radius 3 is 2.61 bits per heavy atom. The van der Waals surface area contributed by atoms with Crippen molar-refractivity contribution >= 4 is 11.8 Å². The second kappa shape index (κ2) is 4.22. The lowest BCUT2D eigenvalue weighted by Crippen LogP contribution is -2.24. The smallest absolute Gasteiger partial charge is 0.417 e. The van der Waals surface area contributed by atoms with Crippen molar-refractivity contribution in [3.05, 3.63) is 29.3 Å². The van der Waals surface area contributed by atoms with Crippen molar-refractivity contribution in [1.82, 2.24) is 0 Å². The number of anilines is 1. The molecule has 1 aliphatic rings. The SMILES string of the molecule is N#Cc1ccc(N2CCOC2=O)cc1C(F)(F)F. The Bertz CT molecular complexity index is 534. The fourth-order valence-electron chi connectivity index (χ4n) is 1.66. The second-order valence-corrected chi connectivity index (χ2v) is 3.61. The Morgan fingerprint density at radius 1 is 1.39 bits per heavy atom. The highest BCUT2D eigenvalue weighted by molar-refractivity contribution is 5.89. The quantitative estimate of drug-likeness (QED) is 0.775. The van der Waals surface area contributed by atoms with E-state index in [9.17, 15) is 18.0 Å². The van der Waals surface area contributed by atoms with Crippen LogP contribution in [0.25, 0.3) is 0 Å². The van der Waals surface area contributed by atoms with Gasteiger partial charge in [0.1, 0.15) is 6.61 Å². The van der Waals surface area contributed by atoms with Crippen LogP contribution in [0.5, 0.6) is 0 Å². The third kappa shape index (κ3) is 2.09. The maximum Gasteiger partial charge on any atom is 0.417 e. The summed E-state index contributed by atoms with van der Waals surface area (Å²) < 4.78 is 42.8. The standard InChI is InChI=1S/C11H7F3N2O2/c12-11(13,14)9-5-8(2-1-7(9)6-15)16-3-4-18-10(16)17/h1-2,5H,3-4H2. The van der Waals surface area contributed by atoms with Gasteiger partial charge in [0.2, 0.25) is 0 Å². The Hall–Kier alpha value is -2.23.